The van der Waals surface area contributed by atoms with Gasteiger partial charge in [-0.3, -0.25) is 10.2 Å². The normalized spacial score (nSPS) is 29.5. The van der Waals surface area contributed by atoms with Gasteiger partial charge in [0.05, 0.1) is 12.2 Å². The number of ether oxygens (including phenoxy) is 1. The molecule has 7 heteroatoms. The number of nitrogens with zero attached hydrogens (tertiary/aromatic N) is 4. The van der Waals surface area contributed by atoms with E-state index in [2.05, 4.69) is 25.2 Å². The summed E-state index contributed by atoms with van der Waals surface area (Å²) in [5.41, 5.74) is 2.04. The zero-order chi connectivity index (χ0) is 17.6. The molecule has 1 spiro atoms. The summed E-state index contributed by atoms with van der Waals surface area (Å²) < 4.78 is 6.29. The highest BCUT2D eigenvalue weighted by Crippen LogP contribution is 2.40. The van der Waals surface area contributed by atoms with Crippen LogP contribution in [0.5, 0.6) is 0 Å². The Labute approximate surface area is 154 Å². The van der Waals surface area contributed by atoms with Crippen LogP contribution in [0, 0.1) is 5.92 Å². The molecule has 1 N–H and O–H groups in total. The fourth-order valence-corrected chi connectivity index (χ4v) is 4.32. The minimum Gasteiger partial charge on any atom is -0.455 e. The molecule has 1 atom stereocenters. The summed E-state index contributed by atoms with van der Waals surface area (Å²) in [6.07, 6.45) is 4.01. The summed E-state index contributed by atoms with van der Waals surface area (Å²) in [6, 6.07) is 10.4. The van der Waals surface area contributed by atoms with Gasteiger partial charge in [0.25, 0.3) is 6.02 Å². The van der Waals surface area contributed by atoms with Gasteiger partial charge in [0, 0.05) is 18.7 Å². The van der Waals surface area contributed by atoms with Crippen LogP contribution in [-0.4, -0.2) is 60.5 Å². The first-order valence-corrected chi connectivity index (χ1v) is 9.13. The summed E-state index contributed by atoms with van der Waals surface area (Å²) in [5, 5.41) is 3.14. The monoisotopic (exact) mass is 345 g/mol. The van der Waals surface area contributed by atoms with Crippen LogP contribution in [-0.2, 0) is 4.74 Å². The van der Waals surface area contributed by atoms with Gasteiger partial charge < -0.3 is 4.74 Å². The molecule has 5 heterocycles. The smallest absolute Gasteiger partial charge is 0.292 e. The maximum atomic E-state index is 6.29. The fourth-order valence-electron chi connectivity index (χ4n) is 4.32. The van der Waals surface area contributed by atoms with Crippen molar-refractivity contribution in [3.05, 3.63) is 36.5 Å². The Balaban J connectivity index is 1.35. The van der Waals surface area contributed by atoms with Gasteiger partial charge in [-0.05, 0) is 31.5 Å². The van der Waals surface area contributed by atoms with Crippen molar-refractivity contribution in [1.29, 1.82) is 0 Å². The third kappa shape index (κ3) is 2.67. The van der Waals surface area contributed by atoms with E-state index >= 15 is 0 Å². The number of amidine groups is 1. The Bertz CT molecular complexity index is 850. The van der Waals surface area contributed by atoms with Crippen molar-refractivity contribution in [2.75, 3.05) is 31.5 Å². The van der Waals surface area contributed by atoms with Crippen molar-refractivity contribution >= 4 is 25.3 Å². The van der Waals surface area contributed by atoms with Gasteiger partial charge in [-0.2, -0.15) is 0 Å². The van der Waals surface area contributed by atoms with Gasteiger partial charge in [0.1, 0.15) is 13.4 Å². The van der Waals surface area contributed by atoms with E-state index in [4.69, 9.17) is 12.6 Å². The van der Waals surface area contributed by atoms with Crippen LogP contribution in [0.4, 0.5) is 5.95 Å². The Kier molecular flexibility index (Phi) is 3.71. The van der Waals surface area contributed by atoms with E-state index in [0.29, 0.717) is 35.6 Å². The summed E-state index contributed by atoms with van der Waals surface area (Å²) in [4.78, 5) is 15.9. The van der Waals surface area contributed by atoms with Crippen molar-refractivity contribution in [3.63, 3.8) is 0 Å². The van der Waals surface area contributed by atoms with Crippen LogP contribution in [0.1, 0.15) is 12.8 Å². The molecule has 3 fully saturated rings. The summed E-state index contributed by atoms with van der Waals surface area (Å²) in [6.45, 7) is 4.03. The van der Waals surface area contributed by atoms with Gasteiger partial charge in [-0.15, -0.1) is 0 Å². The Morgan fingerprint density at radius 3 is 2.73 bits per heavy atom. The molecule has 0 aliphatic carbocycles. The molecule has 2 bridgehead atoms. The van der Waals surface area contributed by atoms with Crippen molar-refractivity contribution < 1.29 is 4.74 Å². The molecule has 26 heavy (non-hydrogen) atoms. The van der Waals surface area contributed by atoms with E-state index in [1.807, 2.05) is 30.3 Å². The molecule has 4 aliphatic heterocycles. The molecule has 2 aromatic rings. The minimum atomic E-state index is -0.172. The van der Waals surface area contributed by atoms with Gasteiger partial charge in [-0.25, -0.2) is 15.0 Å². The largest absolute Gasteiger partial charge is 0.455 e. The molecule has 130 valence electrons. The lowest BCUT2D eigenvalue weighted by Crippen LogP contribution is -2.61. The Hall–Kier alpha value is -2.41. The van der Waals surface area contributed by atoms with Crippen molar-refractivity contribution in [2.24, 2.45) is 10.9 Å². The minimum absolute atomic E-state index is 0.172. The van der Waals surface area contributed by atoms with Gasteiger partial charge in [-0.1, -0.05) is 35.8 Å². The average molecular weight is 345 g/mol. The lowest BCUT2D eigenvalue weighted by atomic mass is 9.75. The number of fused-ring (bicyclic) bond motifs is 2. The van der Waals surface area contributed by atoms with Crippen LogP contribution in [0.2, 0.25) is 0 Å². The quantitative estimate of drug-likeness (QED) is 0.829. The highest BCUT2D eigenvalue weighted by Gasteiger charge is 2.51. The fraction of sp³-hybridized carbons (Fsp3) is 0.421. The van der Waals surface area contributed by atoms with Crippen LogP contribution >= 0.6 is 0 Å². The zero-order valence-corrected chi connectivity index (χ0v) is 14.6. The number of piperidine rings is 3. The number of rotatable bonds is 2. The standard InChI is InChI=1S/C19H20BN5O/c20-15-10-21-17(23-16(15)13-4-2-1-3-5-13)24-18-22-11-19(26-18)12-25-8-6-14(19)7-9-25/h1-5,10,14H,6-9,11-12H2,(H,21,22,23,24)/t19-/m0/s1. The van der Waals surface area contributed by atoms with E-state index in [0.717, 1.165) is 12.1 Å². The molecule has 4 aliphatic rings. The molecule has 2 radical (unpaired) electrons. The topological polar surface area (TPSA) is 62.6 Å². The maximum absolute atomic E-state index is 6.29. The van der Waals surface area contributed by atoms with E-state index in [9.17, 15) is 0 Å². The van der Waals surface area contributed by atoms with Gasteiger partial charge >= 0.3 is 0 Å². The predicted molar refractivity (Wildman–Crippen MR) is 102 cm³/mol. The first kappa shape index (κ1) is 15.8. The van der Waals surface area contributed by atoms with Gasteiger partial charge in [0.15, 0.2) is 0 Å². The molecule has 6 rings (SSSR count). The zero-order valence-electron chi connectivity index (χ0n) is 14.6. The SMILES string of the molecule is [B]c1cnc(NC2=NC[C@@]3(CN4CCC3CC4)O2)nc1-c1ccccc1. The van der Waals surface area contributed by atoms with Crippen molar-refractivity contribution in [2.45, 2.75) is 18.4 Å². The van der Waals surface area contributed by atoms with E-state index < -0.39 is 0 Å². The van der Waals surface area contributed by atoms with E-state index in [1.165, 1.54) is 25.9 Å². The summed E-state index contributed by atoms with van der Waals surface area (Å²) >= 11 is 0. The van der Waals surface area contributed by atoms with Gasteiger partial charge in [0.2, 0.25) is 5.95 Å². The summed E-state index contributed by atoms with van der Waals surface area (Å²) in [7, 11) is 6.06. The number of aromatic nitrogens is 2. The number of hydrogen-bond donors (Lipinski definition) is 1. The molecule has 1 aromatic carbocycles. The number of hydrogen-bond acceptors (Lipinski definition) is 6. The molecule has 0 saturated carbocycles. The molecular weight excluding hydrogens is 325 g/mol. The second kappa shape index (κ2) is 6.09. The predicted octanol–water partition coefficient (Wildman–Crippen LogP) is 1.20. The number of anilines is 1. The number of aliphatic imine (C=N–C) groups is 1. The summed E-state index contributed by atoms with van der Waals surface area (Å²) in [5.74, 6) is 1.04. The average Bonchev–Trinajstić information content (AvgIpc) is 3.07. The maximum Gasteiger partial charge on any atom is 0.292 e. The second-order valence-electron chi connectivity index (χ2n) is 7.33. The van der Waals surface area contributed by atoms with E-state index in [-0.39, 0.29) is 5.60 Å². The molecule has 6 nitrogen and oxygen atoms in total. The Morgan fingerprint density at radius 2 is 2.00 bits per heavy atom. The number of benzene rings is 1. The molecule has 3 saturated heterocycles. The molecule has 0 unspecified atom stereocenters. The third-order valence-corrected chi connectivity index (χ3v) is 5.70. The second-order valence-corrected chi connectivity index (χ2v) is 7.33. The highest BCUT2D eigenvalue weighted by molar-refractivity contribution is 6.35. The van der Waals surface area contributed by atoms with Crippen molar-refractivity contribution in [3.8, 4) is 11.3 Å². The van der Waals surface area contributed by atoms with Crippen LogP contribution in [0.15, 0.2) is 41.5 Å². The lowest BCUT2D eigenvalue weighted by Gasteiger charge is -2.50. The van der Waals surface area contributed by atoms with E-state index in [1.54, 1.807) is 6.20 Å². The third-order valence-electron chi connectivity index (χ3n) is 5.70. The van der Waals surface area contributed by atoms with Crippen LogP contribution in [0.3, 0.4) is 0 Å². The number of nitrogens with one attached hydrogen (secondary N) is 1. The lowest BCUT2D eigenvalue weighted by molar-refractivity contribution is -0.0829. The highest BCUT2D eigenvalue weighted by atomic mass is 16.5. The first-order valence-electron chi connectivity index (χ1n) is 9.13. The molecular formula is C19H20BN5O. The Morgan fingerprint density at radius 1 is 1.19 bits per heavy atom. The molecule has 1 aromatic heterocycles. The van der Waals surface area contributed by atoms with Crippen molar-refractivity contribution in [1.82, 2.24) is 14.9 Å². The van der Waals surface area contributed by atoms with Crippen LogP contribution < -0.4 is 10.8 Å². The van der Waals surface area contributed by atoms with Crippen LogP contribution in [0.25, 0.3) is 11.3 Å². The molecule has 0 amide bonds. The first-order chi connectivity index (χ1) is 12.7.